The van der Waals surface area contributed by atoms with E-state index in [0.29, 0.717) is 12.2 Å². The number of primary amides is 1. The Hall–Kier alpha value is -5.69. The average Bonchev–Trinajstić information content (AvgIpc) is 4.11. The van der Waals surface area contributed by atoms with Crippen LogP contribution in [0.5, 0.6) is 0 Å². The predicted molar refractivity (Wildman–Crippen MR) is 263 cm³/mol. The summed E-state index contributed by atoms with van der Waals surface area (Å²) in [6.45, 7) is 7.49. The minimum absolute atomic E-state index is 0.379. The fraction of sp³-hybridized carbons (Fsp3) is 0.400. The zero-order valence-electron chi connectivity index (χ0n) is 37.8. The second kappa shape index (κ2) is 27.3. The number of nitrogens with two attached hydrogens (primary N) is 1. The van der Waals surface area contributed by atoms with E-state index in [1.165, 1.54) is 109 Å². The molecule has 4 N–H and O–H groups in total. The molecule has 0 fully saturated rings. The van der Waals surface area contributed by atoms with Crippen LogP contribution in [0.1, 0.15) is 175 Å². The van der Waals surface area contributed by atoms with E-state index in [1.807, 2.05) is 24.3 Å². The Balaban J connectivity index is 0.000000316. The summed E-state index contributed by atoms with van der Waals surface area (Å²) in [5.41, 5.74) is 15.2. The van der Waals surface area contributed by atoms with Gasteiger partial charge in [-0.2, -0.15) is 0 Å². The molecule has 0 aliphatic carbocycles. The second-order valence-corrected chi connectivity index (χ2v) is 16.4. The smallest absolute Gasteiger partial charge is 0.248 e. The third-order valence-electron chi connectivity index (χ3n) is 11.1. The van der Waals surface area contributed by atoms with Crippen LogP contribution in [-0.4, -0.2) is 32.4 Å². The number of benzene rings is 2. The van der Waals surface area contributed by atoms with Gasteiger partial charge in [0.05, 0.1) is 29.3 Å². The Bertz CT molecular complexity index is 2280. The number of hydrogen-bond donors (Lipinski definition) is 3. The maximum Gasteiger partial charge on any atom is 0.248 e. The highest BCUT2D eigenvalue weighted by Gasteiger charge is 2.23. The van der Waals surface area contributed by atoms with Gasteiger partial charge in [0.15, 0.2) is 5.76 Å². The Morgan fingerprint density at radius 1 is 0.500 bits per heavy atom. The maximum absolute atomic E-state index is 10.4. The standard InChI is InChI=1S/C38H42N4O.C10H22.C7H7NO/c1-2-3-4-5-6-7-8-9-10-14-23-43-38-36-27-34-22-20-32(41-34)25-30-18-17-29(39-30)24-31-19-21-33(40-31)26-35(42-36)37(38)28-15-12-11-13-16-28;1-3-5-7-9-10-8-6-4-2;8-7(9)6-4-2-1-3-5-6/h11-13,15-22,24-27,39,41H,2-10,14,23H2,1H3;3-10H2,1-2H3;1-5H,(H2,8,9). The Kier molecular flexibility index (Phi) is 20.9. The van der Waals surface area contributed by atoms with Crippen LogP contribution in [0.2, 0.25) is 0 Å². The molecule has 0 radical (unpaired) electrons. The molecule has 2 aliphatic rings. The average molecular weight is 834 g/mol. The van der Waals surface area contributed by atoms with Gasteiger partial charge in [0.25, 0.3) is 0 Å². The van der Waals surface area contributed by atoms with Crippen LogP contribution in [0.4, 0.5) is 0 Å². The minimum Gasteiger partial charge on any atom is -0.491 e. The van der Waals surface area contributed by atoms with E-state index in [9.17, 15) is 4.79 Å². The van der Waals surface area contributed by atoms with Crippen molar-refractivity contribution in [1.29, 1.82) is 0 Å². The number of unbranched alkanes of at least 4 members (excludes halogenated alkanes) is 16. The Morgan fingerprint density at radius 2 is 0.952 bits per heavy atom. The topological polar surface area (TPSA) is 110 Å². The molecule has 62 heavy (non-hydrogen) atoms. The number of rotatable bonds is 21. The van der Waals surface area contributed by atoms with Gasteiger partial charge in [0.2, 0.25) is 5.91 Å². The highest BCUT2D eigenvalue weighted by molar-refractivity contribution is 5.98. The lowest BCUT2D eigenvalue weighted by Crippen LogP contribution is -2.09. The minimum atomic E-state index is -0.379. The molecule has 3 aromatic heterocycles. The van der Waals surface area contributed by atoms with Crippen molar-refractivity contribution in [2.24, 2.45) is 5.73 Å². The number of fused-ring (bicyclic) bond motifs is 8. The van der Waals surface area contributed by atoms with E-state index in [2.05, 4.69) is 104 Å². The Morgan fingerprint density at radius 3 is 1.45 bits per heavy atom. The Labute approximate surface area is 371 Å². The summed E-state index contributed by atoms with van der Waals surface area (Å²) in [6.07, 6.45) is 28.6. The van der Waals surface area contributed by atoms with Crippen LogP contribution in [0.15, 0.2) is 109 Å². The highest BCUT2D eigenvalue weighted by Crippen LogP contribution is 2.36. The largest absolute Gasteiger partial charge is 0.491 e. The normalized spacial score (nSPS) is 11.7. The molecule has 2 aromatic carbocycles. The molecule has 2 aliphatic heterocycles. The molecule has 7 nitrogen and oxygen atoms in total. The van der Waals surface area contributed by atoms with Crippen molar-refractivity contribution in [1.82, 2.24) is 19.9 Å². The van der Waals surface area contributed by atoms with Crippen LogP contribution in [0.25, 0.3) is 45.6 Å². The van der Waals surface area contributed by atoms with Gasteiger partial charge in [-0.15, -0.1) is 0 Å². The number of aromatic amines is 2. The molecule has 5 aromatic rings. The molecule has 7 heteroatoms. The zero-order valence-corrected chi connectivity index (χ0v) is 37.8. The molecule has 5 heterocycles. The number of amides is 1. The van der Waals surface area contributed by atoms with Crippen molar-refractivity contribution in [3.63, 3.8) is 0 Å². The molecular weight excluding hydrogens is 763 g/mol. The van der Waals surface area contributed by atoms with Crippen molar-refractivity contribution < 1.29 is 9.53 Å². The van der Waals surface area contributed by atoms with E-state index in [4.69, 9.17) is 20.4 Å². The first-order valence-electron chi connectivity index (χ1n) is 23.6. The van der Waals surface area contributed by atoms with Gasteiger partial charge in [-0.3, -0.25) is 4.79 Å². The van der Waals surface area contributed by atoms with E-state index < -0.39 is 0 Å². The number of nitrogens with one attached hydrogen (secondary N) is 2. The molecule has 0 unspecified atom stereocenters. The molecule has 1 amide bonds. The number of ether oxygens (including phenoxy) is 1. The van der Waals surface area contributed by atoms with E-state index in [-0.39, 0.29) is 5.91 Å². The molecule has 328 valence electrons. The fourth-order valence-corrected chi connectivity index (χ4v) is 7.65. The zero-order chi connectivity index (χ0) is 43.6. The summed E-state index contributed by atoms with van der Waals surface area (Å²) < 4.78 is 6.63. The summed E-state index contributed by atoms with van der Waals surface area (Å²) in [6, 6.07) is 35.9. The number of aromatic nitrogens is 4. The first-order valence-corrected chi connectivity index (χ1v) is 23.6. The molecular formula is C55H71N5O2. The van der Waals surface area contributed by atoms with E-state index in [1.54, 1.807) is 24.3 Å². The lowest BCUT2D eigenvalue weighted by Gasteiger charge is -2.11. The summed E-state index contributed by atoms with van der Waals surface area (Å²) >= 11 is 0. The third-order valence-corrected chi connectivity index (χ3v) is 11.1. The first-order chi connectivity index (χ1) is 30.5. The predicted octanol–water partition coefficient (Wildman–Crippen LogP) is 15.3. The van der Waals surface area contributed by atoms with Crippen molar-refractivity contribution >= 4 is 51.5 Å². The van der Waals surface area contributed by atoms with Crippen LogP contribution in [-0.2, 0) is 4.74 Å². The van der Waals surface area contributed by atoms with Gasteiger partial charge in [0, 0.05) is 27.6 Å². The first kappa shape index (κ1) is 47.4. The molecule has 0 atom stereocenters. The molecule has 0 saturated heterocycles. The van der Waals surface area contributed by atoms with Crippen LogP contribution in [0, 0.1) is 0 Å². The monoisotopic (exact) mass is 834 g/mol. The van der Waals surface area contributed by atoms with E-state index >= 15 is 0 Å². The molecule has 8 bridgehead atoms. The van der Waals surface area contributed by atoms with Gasteiger partial charge >= 0.3 is 0 Å². The van der Waals surface area contributed by atoms with Crippen molar-refractivity contribution in [3.8, 4) is 0 Å². The van der Waals surface area contributed by atoms with Crippen LogP contribution >= 0.6 is 0 Å². The molecule has 0 saturated carbocycles. The number of nitrogens with zero attached hydrogens (tertiary/aromatic N) is 2. The van der Waals surface area contributed by atoms with Crippen molar-refractivity contribution in [2.45, 2.75) is 136 Å². The lowest BCUT2D eigenvalue weighted by atomic mass is 10.0. The maximum atomic E-state index is 10.4. The quantitative estimate of drug-likeness (QED) is 0.0627. The van der Waals surface area contributed by atoms with Gasteiger partial charge in [-0.05, 0) is 84.8 Å². The number of hydrogen-bond acceptors (Lipinski definition) is 4. The highest BCUT2D eigenvalue weighted by atomic mass is 16.5. The molecule has 0 spiro atoms. The number of carbonyl (C=O) groups is 1. The van der Waals surface area contributed by atoms with Crippen molar-refractivity contribution in [3.05, 3.63) is 143 Å². The SMILES string of the molecule is CCCCCCCCCC.CCCCCCCCCCCCOC1=C(c2ccccc2)c2cc3nc(cc4ccc(cc5ccc(cc1n2)[nH]5)[nH]4)C=C3.NC(=O)c1ccccc1. The van der Waals surface area contributed by atoms with Crippen LogP contribution in [0.3, 0.4) is 0 Å². The summed E-state index contributed by atoms with van der Waals surface area (Å²) in [4.78, 5) is 27.4. The second-order valence-electron chi connectivity index (χ2n) is 16.4. The number of H-pyrrole nitrogens is 2. The summed E-state index contributed by atoms with van der Waals surface area (Å²) in [5, 5.41) is 0. The summed E-state index contributed by atoms with van der Waals surface area (Å²) in [7, 11) is 0. The van der Waals surface area contributed by atoms with Gasteiger partial charge in [0.1, 0.15) is 5.69 Å². The van der Waals surface area contributed by atoms with Crippen molar-refractivity contribution in [2.75, 3.05) is 6.61 Å². The number of carbonyl (C=O) groups excluding carboxylic acids is 1. The van der Waals surface area contributed by atoms with Gasteiger partial charge in [-0.1, -0.05) is 178 Å². The summed E-state index contributed by atoms with van der Waals surface area (Å²) in [5.74, 6) is 0.459. The van der Waals surface area contributed by atoms with E-state index in [0.717, 1.165) is 68.2 Å². The third kappa shape index (κ3) is 16.3. The van der Waals surface area contributed by atoms with Gasteiger partial charge in [-0.25, -0.2) is 9.97 Å². The molecule has 7 rings (SSSR count). The lowest BCUT2D eigenvalue weighted by molar-refractivity contribution is 0.1000. The fourth-order valence-electron chi connectivity index (χ4n) is 7.65. The van der Waals surface area contributed by atoms with Gasteiger partial charge < -0.3 is 20.4 Å². The van der Waals surface area contributed by atoms with Crippen LogP contribution < -0.4 is 5.73 Å².